The topological polar surface area (TPSA) is 64.0 Å². The summed E-state index contributed by atoms with van der Waals surface area (Å²) in [5.41, 5.74) is 0.130. The lowest BCUT2D eigenvalue weighted by atomic mass is 10.2. The predicted molar refractivity (Wildman–Crippen MR) is 93.4 cm³/mol. The van der Waals surface area contributed by atoms with E-state index in [1.54, 1.807) is 24.3 Å². The Hall–Kier alpha value is -2.99. The third kappa shape index (κ3) is 3.75. The fourth-order valence-corrected chi connectivity index (χ4v) is 2.54. The first kappa shape index (κ1) is 16.9. The molecule has 0 fully saturated rings. The Balaban J connectivity index is 1.90. The highest BCUT2D eigenvalue weighted by Crippen LogP contribution is 2.19. The number of nitrogens with zero attached hydrogens (tertiary/aromatic N) is 2. The second-order valence-electron chi connectivity index (χ2n) is 5.25. The summed E-state index contributed by atoms with van der Waals surface area (Å²) in [6.45, 7) is -0.0687. The van der Waals surface area contributed by atoms with Gasteiger partial charge < -0.3 is 9.88 Å². The lowest BCUT2D eigenvalue weighted by molar-refractivity contribution is 0.102. The van der Waals surface area contributed by atoms with Gasteiger partial charge in [0, 0.05) is 34.9 Å². The number of pyridine rings is 2. The van der Waals surface area contributed by atoms with E-state index in [2.05, 4.69) is 10.3 Å². The Morgan fingerprint density at radius 2 is 1.92 bits per heavy atom. The van der Waals surface area contributed by atoms with Gasteiger partial charge in [-0.3, -0.25) is 14.6 Å². The smallest absolute Gasteiger partial charge is 0.263 e. The van der Waals surface area contributed by atoms with Crippen LogP contribution in [-0.2, 0) is 6.54 Å². The van der Waals surface area contributed by atoms with E-state index in [9.17, 15) is 14.0 Å². The van der Waals surface area contributed by atoms with Crippen LogP contribution in [0.1, 0.15) is 15.9 Å². The number of benzene rings is 1. The maximum atomic E-state index is 13.9. The van der Waals surface area contributed by atoms with Crippen LogP contribution in [0.15, 0.2) is 65.8 Å². The summed E-state index contributed by atoms with van der Waals surface area (Å²) in [6.07, 6.45) is 4.53. The summed E-state index contributed by atoms with van der Waals surface area (Å²) in [7, 11) is 0. The summed E-state index contributed by atoms with van der Waals surface area (Å²) in [6, 6.07) is 10.5. The summed E-state index contributed by atoms with van der Waals surface area (Å²) in [5, 5.41) is 2.84. The minimum absolute atomic E-state index is 0.0493. The highest BCUT2D eigenvalue weighted by molar-refractivity contribution is 6.31. The van der Waals surface area contributed by atoms with Crippen LogP contribution in [0.3, 0.4) is 0 Å². The van der Waals surface area contributed by atoms with E-state index in [-0.39, 0.29) is 22.7 Å². The zero-order valence-corrected chi connectivity index (χ0v) is 13.7. The largest absolute Gasteiger partial charge is 0.322 e. The van der Waals surface area contributed by atoms with Gasteiger partial charge in [0.15, 0.2) is 0 Å². The Kier molecular flexibility index (Phi) is 4.90. The van der Waals surface area contributed by atoms with Crippen molar-refractivity contribution in [2.24, 2.45) is 0 Å². The molecule has 0 aliphatic rings. The maximum Gasteiger partial charge on any atom is 0.263 e. The molecule has 7 heteroatoms. The molecule has 0 spiro atoms. The number of carbonyl (C=O) groups excluding carboxylic acids is 1. The quantitative estimate of drug-likeness (QED) is 0.779. The number of amides is 1. The van der Waals surface area contributed by atoms with Crippen LogP contribution in [0.2, 0.25) is 5.02 Å². The number of hydrogen-bond acceptors (Lipinski definition) is 3. The number of nitrogens with one attached hydrogen (secondary N) is 1. The Bertz CT molecular complexity index is 953. The Morgan fingerprint density at radius 3 is 2.64 bits per heavy atom. The first-order valence-electron chi connectivity index (χ1n) is 7.40. The molecule has 1 aromatic carbocycles. The molecule has 0 aliphatic carbocycles. The molecule has 25 heavy (non-hydrogen) atoms. The molecule has 0 bridgehead atoms. The van der Waals surface area contributed by atoms with Crippen LogP contribution in [0.4, 0.5) is 10.1 Å². The number of anilines is 1. The van der Waals surface area contributed by atoms with E-state index in [1.807, 2.05) is 0 Å². The number of carbonyl (C=O) groups is 1. The fourth-order valence-electron chi connectivity index (χ4n) is 2.32. The van der Waals surface area contributed by atoms with E-state index in [0.717, 1.165) is 0 Å². The van der Waals surface area contributed by atoms with Crippen LogP contribution in [0.5, 0.6) is 0 Å². The molecular formula is C18H13ClFN3O2. The van der Waals surface area contributed by atoms with Crippen molar-refractivity contribution < 1.29 is 9.18 Å². The van der Waals surface area contributed by atoms with E-state index < -0.39 is 17.3 Å². The number of aromatic nitrogens is 2. The average Bonchev–Trinajstić information content (AvgIpc) is 2.60. The molecular weight excluding hydrogens is 345 g/mol. The van der Waals surface area contributed by atoms with Crippen molar-refractivity contribution >= 4 is 23.2 Å². The molecule has 2 aromatic heterocycles. The van der Waals surface area contributed by atoms with Crippen molar-refractivity contribution in [1.29, 1.82) is 0 Å². The molecule has 0 aliphatic heterocycles. The standard InChI is InChI=1S/C18H13ClFN3O2/c19-15-4-1-5-16(20)14(15)11-23-10-2-3-13(18(23)25)17(24)22-12-6-8-21-9-7-12/h1-10H,11H2,(H,21,22,24). The van der Waals surface area contributed by atoms with Crippen molar-refractivity contribution in [2.45, 2.75) is 6.54 Å². The molecule has 1 amide bonds. The third-order valence-corrected chi connectivity index (χ3v) is 3.95. The second-order valence-corrected chi connectivity index (χ2v) is 5.65. The van der Waals surface area contributed by atoms with Gasteiger partial charge in [0.05, 0.1) is 6.54 Å². The molecule has 5 nitrogen and oxygen atoms in total. The highest BCUT2D eigenvalue weighted by Gasteiger charge is 2.14. The van der Waals surface area contributed by atoms with Crippen LogP contribution in [-0.4, -0.2) is 15.5 Å². The zero-order chi connectivity index (χ0) is 17.8. The minimum atomic E-state index is -0.551. The highest BCUT2D eigenvalue weighted by atomic mass is 35.5. The number of hydrogen-bond donors (Lipinski definition) is 1. The molecule has 3 aromatic rings. The van der Waals surface area contributed by atoms with Crippen molar-refractivity contribution in [1.82, 2.24) is 9.55 Å². The number of rotatable bonds is 4. The average molecular weight is 358 g/mol. The van der Waals surface area contributed by atoms with Crippen LogP contribution >= 0.6 is 11.6 Å². The summed E-state index contributed by atoms with van der Waals surface area (Å²) >= 11 is 6.00. The Labute approximate surface area is 147 Å². The molecule has 0 atom stereocenters. The predicted octanol–water partition coefficient (Wildman–Crippen LogP) is 3.34. The van der Waals surface area contributed by atoms with Gasteiger partial charge in [-0.15, -0.1) is 0 Å². The third-order valence-electron chi connectivity index (χ3n) is 3.59. The maximum absolute atomic E-state index is 13.9. The first-order valence-corrected chi connectivity index (χ1v) is 7.78. The minimum Gasteiger partial charge on any atom is -0.322 e. The monoisotopic (exact) mass is 357 g/mol. The molecule has 3 rings (SSSR count). The van der Waals surface area contributed by atoms with Gasteiger partial charge in [-0.05, 0) is 36.4 Å². The van der Waals surface area contributed by atoms with Crippen molar-refractivity contribution in [2.75, 3.05) is 5.32 Å². The van der Waals surface area contributed by atoms with Gasteiger partial charge in [-0.1, -0.05) is 17.7 Å². The van der Waals surface area contributed by atoms with Gasteiger partial charge in [0.25, 0.3) is 11.5 Å². The van der Waals surface area contributed by atoms with Gasteiger partial charge >= 0.3 is 0 Å². The van der Waals surface area contributed by atoms with E-state index >= 15 is 0 Å². The van der Waals surface area contributed by atoms with Crippen molar-refractivity contribution in [3.63, 3.8) is 0 Å². The molecule has 0 saturated heterocycles. The van der Waals surface area contributed by atoms with E-state index in [1.165, 1.54) is 41.4 Å². The normalized spacial score (nSPS) is 10.5. The second kappa shape index (κ2) is 7.27. The lowest BCUT2D eigenvalue weighted by Crippen LogP contribution is -2.29. The molecule has 126 valence electrons. The lowest BCUT2D eigenvalue weighted by Gasteiger charge is -2.10. The fraction of sp³-hybridized carbons (Fsp3) is 0.0556. The summed E-state index contributed by atoms with van der Waals surface area (Å²) in [4.78, 5) is 28.7. The molecule has 2 heterocycles. The zero-order valence-electron chi connectivity index (χ0n) is 12.9. The first-order chi connectivity index (χ1) is 12.1. The van der Waals surface area contributed by atoms with E-state index in [4.69, 9.17) is 11.6 Å². The van der Waals surface area contributed by atoms with Crippen LogP contribution < -0.4 is 10.9 Å². The SMILES string of the molecule is O=C(Nc1ccncc1)c1cccn(Cc2c(F)cccc2Cl)c1=O. The molecule has 0 unspecified atom stereocenters. The van der Waals surface area contributed by atoms with Crippen LogP contribution in [0, 0.1) is 5.82 Å². The summed E-state index contributed by atoms with van der Waals surface area (Å²) < 4.78 is 15.2. The van der Waals surface area contributed by atoms with E-state index in [0.29, 0.717) is 5.69 Å². The molecule has 0 saturated carbocycles. The van der Waals surface area contributed by atoms with Crippen molar-refractivity contribution in [3.8, 4) is 0 Å². The number of halogens is 2. The van der Waals surface area contributed by atoms with Gasteiger partial charge in [-0.2, -0.15) is 0 Å². The van der Waals surface area contributed by atoms with Gasteiger partial charge in [-0.25, -0.2) is 4.39 Å². The molecule has 1 N–H and O–H groups in total. The van der Waals surface area contributed by atoms with Gasteiger partial charge in [0.2, 0.25) is 0 Å². The van der Waals surface area contributed by atoms with Crippen molar-refractivity contribution in [3.05, 3.63) is 93.4 Å². The Morgan fingerprint density at radius 1 is 1.16 bits per heavy atom. The van der Waals surface area contributed by atoms with Gasteiger partial charge in [0.1, 0.15) is 11.4 Å². The summed E-state index contributed by atoms with van der Waals surface area (Å²) in [5.74, 6) is -1.06. The van der Waals surface area contributed by atoms with Crippen LogP contribution in [0.25, 0.3) is 0 Å². The molecule has 0 radical (unpaired) electrons.